The number of halogens is 3. The number of nitrogens with one attached hydrogen (secondary N) is 1. The molecule has 1 amide bonds. The molecule has 1 atom stereocenters. The molecule has 0 heterocycles. The second-order valence-corrected chi connectivity index (χ2v) is 6.42. The van der Waals surface area contributed by atoms with Gasteiger partial charge in [-0.25, -0.2) is 0 Å². The fourth-order valence-corrected chi connectivity index (χ4v) is 2.54. The minimum atomic E-state index is -0.693. The Kier molecular flexibility index (Phi) is 5.79. The Bertz CT molecular complexity index is 747. The van der Waals surface area contributed by atoms with E-state index in [1.165, 1.54) is 12.1 Å². The molecule has 0 aliphatic heterocycles. The summed E-state index contributed by atoms with van der Waals surface area (Å²) in [5.74, 6) is 0.346. The Morgan fingerprint density at radius 1 is 1.09 bits per heavy atom. The fourth-order valence-electron chi connectivity index (χ4n) is 1.95. The topological polar surface area (TPSA) is 38.3 Å². The third-order valence-electron chi connectivity index (χ3n) is 3.50. The lowest BCUT2D eigenvalue weighted by Gasteiger charge is -2.17. The van der Waals surface area contributed by atoms with Gasteiger partial charge in [-0.3, -0.25) is 4.79 Å². The van der Waals surface area contributed by atoms with Crippen molar-refractivity contribution < 1.29 is 9.53 Å². The monoisotopic (exact) mass is 371 g/mol. The number of hydrogen-bond donors (Lipinski definition) is 1. The van der Waals surface area contributed by atoms with Crippen LogP contribution < -0.4 is 10.1 Å². The zero-order chi connectivity index (χ0) is 17.1. The van der Waals surface area contributed by atoms with Crippen LogP contribution >= 0.6 is 34.8 Å². The molecule has 0 aromatic heterocycles. The highest BCUT2D eigenvalue weighted by molar-refractivity contribution is 6.44. The van der Waals surface area contributed by atoms with Crippen molar-refractivity contribution in [1.29, 1.82) is 0 Å². The normalized spacial score (nSPS) is 11.9. The Balaban J connectivity index is 2.11. The van der Waals surface area contributed by atoms with Gasteiger partial charge in [0.05, 0.1) is 20.8 Å². The predicted molar refractivity (Wildman–Crippen MR) is 96.1 cm³/mol. The average molecular weight is 373 g/mol. The minimum absolute atomic E-state index is 0.312. The van der Waals surface area contributed by atoms with Crippen molar-refractivity contribution in [2.75, 3.05) is 5.32 Å². The summed E-state index contributed by atoms with van der Waals surface area (Å²) in [6.07, 6.45) is -0.693. The van der Waals surface area contributed by atoms with Gasteiger partial charge >= 0.3 is 0 Å². The van der Waals surface area contributed by atoms with E-state index in [1.54, 1.807) is 6.92 Å². The Hall–Kier alpha value is -1.42. The molecule has 2 aromatic carbocycles. The molecule has 1 N–H and O–H groups in total. The summed E-state index contributed by atoms with van der Waals surface area (Å²) >= 11 is 17.9. The number of rotatable bonds is 4. The van der Waals surface area contributed by atoms with Gasteiger partial charge in [-0.05, 0) is 50.1 Å². The van der Waals surface area contributed by atoms with Crippen LogP contribution in [0.25, 0.3) is 0 Å². The van der Waals surface area contributed by atoms with Crippen LogP contribution in [0, 0.1) is 13.8 Å². The Morgan fingerprint density at radius 3 is 2.43 bits per heavy atom. The molecule has 0 saturated carbocycles. The summed E-state index contributed by atoms with van der Waals surface area (Å²) in [6, 6.07) is 8.70. The van der Waals surface area contributed by atoms with Crippen molar-refractivity contribution >= 4 is 46.4 Å². The van der Waals surface area contributed by atoms with E-state index in [9.17, 15) is 4.79 Å². The number of aryl methyl sites for hydroxylation is 1. The highest BCUT2D eigenvalue weighted by Gasteiger charge is 2.18. The molecule has 0 radical (unpaired) electrons. The molecule has 23 heavy (non-hydrogen) atoms. The highest BCUT2D eigenvalue weighted by Crippen LogP contribution is 2.32. The van der Waals surface area contributed by atoms with Crippen molar-refractivity contribution in [2.45, 2.75) is 26.9 Å². The standard InChI is InChI=1S/C17H16Cl3NO2/c1-9-5-4-6-16(10(9)2)23-11(3)17(22)21-15-8-13(19)12(18)7-14(15)20/h4-8,11H,1-3H3,(H,21,22)/t11-/m0/s1. The summed E-state index contributed by atoms with van der Waals surface area (Å²) in [5, 5.41) is 3.65. The molecule has 0 aliphatic rings. The van der Waals surface area contributed by atoms with Crippen molar-refractivity contribution in [3.8, 4) is 5.75 Å². The van der Waals surface area contributed by atoms with Crippen LogP contribution in [0.3, 0.4) is 0 Å². The predicted octanol–water partition coefficient (Wildman–Crippen LogP) is 5.67. The third-order valence-corrected chi connectivity index (χ3v) is 4.53. The van der Waals surface area contributed by atoms with Gasteiger partial charge in [-0.2, -0.15) is 0 Å². The molecule has 6 heteroatoms. The average Bonchev–Trinajstić information content (AvgIpc) is 2.49. The van der Waals surface area contributed by atoms with Crippen molar-refractivity contribution in [1.82, 2.24) is 0 Å². The lowest BCUT2D eigenvalue weighted by molar-refractivity contribution is -0.122. The first-order valence-electron chi connectivity index (χ1n) is 6.98. The molecular weight excluding hydrogens is 357 g/mol. The summed E-state index contributed by atoms with van der Waals surface area (Å²) in [7, 11) is 0. The minimum Gasteiger partial charge on any atom is -0.481 e. The van der Waals surface area contributed by atoms with E-state index in [2.05, 4.69) is 5.32 Å². The third kappa shape index (κ3) is 4.31. The van der Waals surface area contributed by atoms with Crippen LogP contribution in [0.1, 0.15) is 18.1 Å². The summed E-state index contributed by atoms with van der Waals surface area (Å²) < 4.78 is 5.74. The Labute approximate surface area is 150 Å². The van der Waals surface area contributed by atoms with E-state index in [-0.39, 0.29) is 5.91 Å². The first-order chi connectivity index (χ1) is 10.8. The second kappa shape index (κ2) is 7.43. The number of hydrogen-bond acceptors (Lipinski definition) is 2. The molecule has 0 fully saturated rings. The van der Waals surface area contributed by atoms with E-state index in [0.29, 0.717) is 26.5 Å². The summed E-state index contributed by atoms with van der Waals surface area (Å²) in [6.45, 7) is 5.61. The molecule has 0 unspecified atom stereocenters. The molecule has 0 saturated heterocycles. The fraction of sp³-hybridized carbons (Fsp3) is 0.235. The van der Waals surface area contributed by atoms with Crippen LogP contribution in [0.2, 0.25) is 15.1 Å². The number of amides is 1. The lowest BCUT2D eigenvalue weighted by atomic mass is 10.1. The number of ether oxygens (including phenoxy) is 1. The van der Waals surface area contributed by atoms with Gasteiger partial charge in [0.1, 0.15) is 5.75 Å². The van der Waals surface area contributed by atoms with Gasteiger partial charge in [-0.1, -0.05) is 46.9 Å². The maximum absolute atomic E-state index is 12.3. The van der Waals surface area contributed by atoms with E-state index >= 15 is 0 Å². The molecule has 0 bridgehead atoms. The van der Waals surface area contributed by atoms with Gasteiger partial charge in [0, 0.05) is 0 Å². The zero-order valence-corrected chi connectivity index (χ0v) is 15.2. The molecule has 0 aliphatic carbocycles. The number of carbonyl (C=O) groups is 1. The quantitative estimate of drug-likeness (QED) is 0.702. The van der Waals surface area contributed by atoms with Crippen LogP contribution in [-0.2, 0) is 4.79 Å². The maximum atomic E-state index is 12.3. The summed E-state index contributed by atoms with van der Waals surface area (Å²) in [4.78, 5) is 12.3. The van der Waals surface area contributed by atoms with E-state index < -0.39 is 6.10 Å². The van der Waals surface area contributed by atoms with Crippen LogP contribution in [0.4, 0.5) is 5.69 Å². The zero-order valence-electron chi connectivity index (χ0n) is 12.9. The van der Waals surface area contributed by atoms with E-state index in [4.69, 9.17) is 39.5 Å². The number of carbonyl (C=O) groups excluding carboxylic acids is 1. The number of anilines is 1. The van der Waals surface area contributed by atoms with Crippen LogP contribution in [-0.4, -0.2) is 12.0 Å². The van der Waals surface area contributed by atoms with Gasteiger partial charge < -0.3 is 10.1 Å². The van der Waals surface area contributed by atoms with Gasteiger partial charge in [0.25, 0.3) is 5.91 Å². The van der Waals surface area contributed by atoms with E-state index in [1.807, 2.05) is 32.0 Å². The molecule has 2 aromatic rings. The Morgan fingerprint density at radius 2 is 1.74 bits per heavy atom. The van der Waals surface area contributed by atoms with Crippen molar-refractivity contribution in [2.24, 2.45) is 0 Å². The number of benzene rings is 2. The molecule has 0 spiro atoms. The SMILES string of the molecule is Cc1cccc(O[C@@H](C)C(=O)Nc2cc(Cl)c(Cl)cc2Cl)c1C. The molecule has 3 nitrogen and oxygen atoms in total. The molecule has 2 rings (SSSR count). The first-order valence-corrected chi connectivity index (χ1v) is 8.11. The smallest absolute Gasteiger partial charge is 0.265 e. The van der Waals surface area contributed by atoms with Gasteiger partial charge in [-0.15, -0.1) is 0 Å². The molecule has 122 valence electrons. The lowest BCUT2D eigenvalue weighted by Crippen LogP contribution is -2.30. The van der Waals surface area contributed by atoms with E-state index in [0.717, 1.165) is 11.1 Å². The largest absolute Gasteiger partial charge is 0.481 e. The van der Waals surface area contributed by atoms with Gasteiger partial charge in [0.2, 0.25) is 0 Å². The second-order valence-electron chi connectivity index (χ2n) is 5.19. The maximum Gasteiger partial charge on any atom is 0.265 e. The van der Waals surface area contributed by atoms with Crippen LogP contribution in [0.5, 0.6) is 5.75 Å². The van der Waals surface area contributed by atoms with Crippen molar-refractivity contribution in [3.63, 3.8) is 0 Å². The van der Waals surface area contributed by atoms with Crippen LogP contribution in [0.15, 0.2) is 30.3 Å². The summed E-state index contributed by atoms with van der Waals surface area (Å²) in [5.41, 5.74) is 2.49. The molecular formula is C17H16Cl3NO2. The van der Waals surface area contributed by atoms with Crippen molar-refractivity contribution in [3.05, 3.63) is 56.5 Å². The first kappa shape index (κ1) is 17.9. The highest BCUT2D eigenvalue weighted by atomic mass is 35.5. The van der Waals surface area contributed by atoms with Gasteiger partial charge in [0.15, 0.2) is 6.10 Å².